The second-order valence-electron chi connectivity index (χ2n) is 5.59. The van der Waals surface area contributed by atoms with Crippen molar-refractivity contribution in [3.8, 4) is 11.4 Å². The van der Waals surface area contributed by atoms with E-state index in [0.29, 0.717) is 12.2 Å². The summed E-state index contributed by atoms with van der Waals surface area (Å²) in [5.74, 6) is 1.65. The van der Waals surface area contributed by atoms with Crippen molar-refractivity contribution < 1.29 is 4.79 Å². The van der Waals surface area contributed by atoms with Crippen molar-refractivity contribution in [3.05, 3.63) is 42.0 Å². The molecule has 0 saturated heterocycles. The number of rotatable bonds is 5. The molecule has 2 heterocycles. The molecule has 0 spiro atoms. The van der Waals surface area contributed by atoms with Crippen molar-refractivity contribution in [3.63, 3.8) is 0 Å². The fraction of sp³-hybridized carbons (Fsp3) is 0.412. The number of thioether (sulfide) groups is 1. The number of hydrogen-bond donors (Lipinski definition) is 1. The number of aryl methyl sites for hydroxylation is 1. The Morgan fingerprint density at radius 3 is 3.13 bits per heavy atom. The van der Waals surface area contributed by atoms with E-state index < -0.39 is 0 Å². The number of nitrogens with one attached hydrogen (secondary N) is 1. The second-order valence-corrected chi connectivity index (χ2v) is 6.58. The summed E-state index contributed by atoms with van der Waals surface area (Å²) in [7, 11) is 0. The van der Waals surface area contributed by atoms with E-state index in [1.807, 2.05) is 24.6 Å². The van der Waals surface area contributed by atoms with Gasteiger partial charge in [0.2, 0.25) is 5.91 Å². The number of pyridine rings is 1. The van der Waals surface area contributed by atoms with Crippen molar-refractivity contribution in [2.24, 2.45) is 0 Å². The Morgan fingerprint density at radius 1 is 1.43 bits per heavy atom. The van der Waals surface area contributed by atoms with Gasteiger partial charge in [-0.05, 0) is 37.7 Å². The van der Waals surface area contributed by atoms with Gasteiger partial charge >= 0.3 is 0 Å². The fourth-order valence-electron chi connectivity index (χ4n) is 2.79. The van der Waals surface area contributed by atoms with Crippen LogP contribution in [0.25, 0.3) is 11.4 Å². The van der Waals surface area contributed by atoms with Crippen LogP contribution in [-0.2, 0) is 11.2 Å². The molecule has 1 unspecified atom stereocenters. The maximum atomic E-state index is 12.0. The van der Waals surface area contributed by atoms with Crippen molar-refractivity contribution in [1.82, 2.24) is 20.3 Å². The minimum atomic E-state index is 0.0380. The first-order valence-corrected chi connectivity index (χ1v) is 9.22. The molecule has 1 aliphatic carbocycles. The van der Waals surface area contributed by atoms with Gasteiger partial charge in [0.15, 0.2) is 5.82 Å². The number of carbonyl (C=O) groups excluding carboxylic acids is 1. The largest absolute Gasteiger partial charge is 0.349 e. The molecule has 3 rings (SSSR count). The molecule has 0 saturated carbocycles. The van der Waals surface area contributed by atoms with Crippen molar-refractivity contribution >= 4 is 17.7 Å². The topological polar surface area (TPSA) is 67.8 Å². The summed E-state index contributed by atoms with van der Waals surface area (Å²) < 4.78 is 0. The highest BCUT2D eigenvalue weighted by molar-refractivity contribution is 7.98. The summed E-state index contributed by atoms with van der Waals surface area (Å²) in [4.78, 5) is 25.3. The lowest BCUT2D eigenvalue weighted by molar-refractivity contribution is -0.121. The zero-order valence-electron chi connectivity index (χ0n) is 13.2. The van der Waals surface area contributed by atoms with Crippen molar-refractivity contribution in [2.45, 2.75) is 31.7 Å². The quantitative estimate of drug-likeness (QED) is 0.914. The number of carbonyl (C=O) groups is 1. The first-order valence-electron chi connectivity index (χ1n) is 7.82. The summed E-state index contributed by atoms with van der Waals surface area (Å²) in [6.07, 6.45) is 10.9. The van der Waals surface area contributed by atoms with E-state index in [1.165, 1.54) is 0 Å². The summed E-state index contributed by atoms with van der Waals surface area (Å²) in [6.45, 7) is 0. The molecule has 1 amide bonds. The minimum absolute atomic E-state index is 0.0380. The van der Waals surface area contributed by atoms with Crippen LogP contribution in [0.1, 0.15) is 36.6 Å². The zero-order valence-corrected chi connectivity index (χ0v) is 14.0. The van der Waals surface area contributed by atoms with E-state index in [-0.39, 0.29) is 11.9 Å². The van der Waals surface area contributed by atoms with E-state index in [1.54, 1.807) is 24.2 Å². The van der Waals surface area contributed by atoms with Crippen molar-refractivity contribution in [1.29, 1.82) is 0 Å². The predicted octanol–water partition coefficient (Wildman–Crippen LogP) is 2.79. The van der Waals surface area contributed by atoms with Crippen LogP contribution in [0.5, 0.6) is 0 Å². The average Bonchev–Trinajstić information content (AvgIpc) is 2.60. The Hall–Kier alpha value is -1.95. The Morgan fingerprint density at radius 2 is 2.35 bits per heavy atom. The molecule has 0 aromatic carbocycles. The number of nitrogens with zero attached hydrogens (tertiary/aromatic N) is 3. The SMILES string of the molecule is CSCCC(=O)NC1CCCc2nc(-c3cccnc3)ncc21. The fourth-order valence-corrected chi connectivity index (χ4v) is 3.18. The molecule has 0 aliphatic heterocycles. The number of amides is 1. The van der Waals surface area contributed by atoms with Gasteiger partial charge in [-0.1, -0.05) is 0 Å². The summed E-state index contributed by atoms with van der Waals surface area (Å²) in [5.41, 5.74) is 3.02. The first-order chi connectivity index (χ1) is 11.3. The van der Waals surface area contributed by atoms with Gasteiger partial charge in [0.05, 0.1) is 6.04 Å². The van der Waals surface area contributed by atoms with Crippen LogP contribution in [0.4, 0.5) is 0 Å². The molecule has 1 aliphatic rings. The average molecular weight is 328 g/mol. The summed E-state index contributed by atoms with van der Waals surface area (Å²) >= 11 is 1.69. The lowest BCUT2D eigenvalue weighted by Crippen LogP contribution is -2.31. The van der Waals surface area contributed by atoms with Crippen LogP contribution >= 0.6 is 11.8 Å². The molecular formula is C17H20N4OS. The van der Waals surface area contributed by atoms with E-state index in [9.17, 15) is 4.79 Å². The van der Waals surface area contributed by atoms with Crippen LogP contribution in [0, 0.1) is 0 Å². The van der Waals surface area contributed by atoms with Gasteiger partial charge in [-0.25, -0.2) is 9.97 Å². The third kappa shape index (κ3) is 3.88. The Balaban J connectivity index is 1.79. The summed E-state index contributed by atoms with van der Waals surface area (Å²) in [5, 5.41) is 3.12. The van der Waals surface area contributed by atoms with Gasteiger partial charge in [0.1, 0.15) is 0 Å². The van der Waals surface area contributed by atoms with Gasteiger partial charge in [-0.3, -0.25) is 9.78 Å². The molecular weight excluding hydrogens is 308 g/mol. The maximum absolute atomic E-state index is 12.0. The Labute approximate surface area is 140 Å². The van der Waals surface area contributed by atoms with Gasteiger partial charge in [0.25, 0.3) is 0 Å². The molecule has 6 heteroatoms. The molecule has 1 atom stereocenters. The van der Waals surface area contributed by atoms with E-state index >= 15 is 0 Å². The molecule has 2 aromatic rings. The van der Waals surface area contributed by atoms with Gasteiger partial charge in [-0.15, -0.1) is 0 Å². The van der Waals surface area contributed by atoms with E-state index in [0.717, 1.165) is 41.8 Å². The van der Waals surface area contributed by atoms with Crippen molar-refractivity contribution in [2.75, 3.05) is 12.0 Å². The van der Waals surface area contributed by atoms with Crippen LogP contribution in [0.3, 0.4) is 0 Å². The lowest BCUT2D eigenvalue weighted by atomic mass is 9.92. The molecule has 2 aromatic heterocycles. The summed E-state index contributed by atoms with van der Waals surface area (Å²) in [6, 6.07) is 3.88. The highest BCUT2D eigenvalue weighted by Crippen LogP contribution is 2.29. The zero-order chi connectivity index (χ0) is 16.1. The monoisotopic (exact) mass is 328 g/mol. The van der Waals surface area contributed by atoms with E-state index in [2.05, 4.69) is 15.3 Å². The number of aromatic nitrogens is 3. The number of hydrogen-bond acceptors (Lipinski definition) is 5. The van der Waals surface area contributed by atoms with Gasteiger partial charge in [0, 0.05) is 47.6 Å². The van der Waals surface area contributed by atoms with Crippen LogP contribution in [0.2, 0.25) is 0 Å². The second kappa shape index (κ2) is 7.55. The Bertz CT molecular complexity index is 678. The third-order valence-electron chi connectivity index (χ3n) is 3.97. The maximum Gasteiger partial charge on any atom is 0.221 e. The molecule has 120 valence electrons. The van der Waals surface area contributed by atoms with E-state index in [4.69, 9.17) is 4.98 Å². The lowest BCUT2D eigenvalue weighted by Gasteiger charge is -2.25. The smallest absolute Gasteiger partial charge is 0.221 e. The standard InChI is InChI=1S/C17H20N4OS/c1-23-9-7-16(22)20-14-5-2-6-15-13(14)11-19-17(21-15)12-4-3-8-18-10-12/h3-4,8,10-11,14H,2,5-7,9H2,1H3,(H,20,22). The van der Waals surface area contributed by atoms with Crippen LogP contribution in [0.15, 0.2) is 30.7 Å². The van der Waals surface area contributed by atoms with Crippen LogP contribution in [-0.4, -0.2) is 32.9 Å². The number of fused-ring (bicyclic) bond motifs is 1. The highest BCUT2D eigenvalue weighted by atomic mass is 32.2. The first kappa shape index (κ1) is 15.9. The predicted molar refractivity (Wildman–Crippen MR) is 92.1 cm³/mol. The molecule has 23 heavy (non-hydrogen) atoms. The molecule has 5 nitrogen and oxygen atoms in total. The van der Waals surface area contributed by atoms with Crippen LogP contribution < -0.4 is 5.32 Å². The molecule has 1 N–H and O–H groups in total. The highest BCUT2D eigenvalue weighted by Gasteiger charge is 2.23. The minimum Gasteiger partial charge on any atom is -0.349 e. The third-order valence-corrected chi connectivity index (χ3v) is 4.58. The van der Waals surface area contributed by atoms with Gasteiger partial charge < -0.3 is 5.32 Å². The Kier molecular flexibility index (Phi) is 5.23. The normalized spacial score (nSPS) is 16.7. The molecule has 0 radical (unpaired) electrons. The van der Waals surface area contributed by atoms with Gasteiger partial charge in [-0.2, -0.15) is 11.8 Å². The molecule has 0 bridgehead atoms. The molecule has 0 fully saturated rings.